The maximum Gasteiger partial charge on any atom is 0.232 e. The number of carbonyl (C=O) groups is 2. The van der Waals surface area contributed by atoms with E-state index in [4.69, 9.17) is 0 Å². The van der Waals surface area contributed by atoms with Gasteiger partial charge < -0.3 is 5.32 Å². The average molecular weight is 198 g/mol. The molecule has 0 aromatic carbocycles. The number of carbonyl (C=O) groups excluding carboxylic acids is 2. The Bertz CT molecular complexity index is 220. The molecule has 1 heterocycles. The zero-order valence-corrected chi connectivity index (χ0v) is 9.04. The van der Waals surface area contributed by atoms with Gasteiger partial charge in [-0.15, -0.1) is 0 Å². The molecule has 1 aliphatic rings. The summed E-state index contributed by atoms with van der Waals surface area (Å²) in [5.41, 5.74) is 0. The quantitative estimate of drug-likeness (QED) is 0.520. The third-order valence-corrected chi connectivity index (χ3v) is 2.82. The highest BCUT2D eigenvalue weighted by molar-refractivity contribution is 6.04. The minimum atomic E-state index is -0.149. The Hall–Kier alpha value is -0.900. The molecule has 1 N–H and O–H groups in total. The van der Waals surface area contributed by atoms with Crippen LogP contribution < -0.4 is 5.32 Å². The van der Waals surface area contributed by atoms with Gasteiger partial charge in [0.2, 0.25) is 11.8 Å². The highest BCUT2D eigenvalue weighted by Crippen LogP contribution is 2.24. The number of hydrogen-bond acceptors (Lipinski definition) is 3. The summed E-state index contributed by atoms with van der Waals surface area (Å²) < 4.78 is 0. The summed E-state index contributed by atoms with van der Waals surface area (Å²) in [6, 6.07) is 0. The zero-order valence-electron chi connectivity index (χ0n) is 9.04. The molecule has 1 rings (SSSR count). The molecule has 0 saturated carbocycles. The molecule has 2 amide bonds. The van der Waals surface area contributed by atoms with Crippen LogP contribution in [0.1, 0.15) is 20.8 Å². The molecule has 14 heavy (non-hydrogen) atoms. The van der Waals surface area contributed by atoms with Crippen LogP contribution in [-0.2, 0) is 9.59 Å². The number of likely N-dealkylation sites (N-methyl/N-ethyl adjacent to an activating group) is 1. The molecule has 80 valence electrons. The molecule has 1 aliphatic heterocycles. The van der Waals surface area contributed by atoms with Gasteiger partial charge in [-0.25, -0.2) is 0 Å². The van der Waals surface area contributed by atoms with Crippen LogP contribution in [0.5, 0.6) is 0 Å². The normalized spacial score (nSPS) is 27.5. The predicted octanol–water partition coefficient (Wildman–Crippen LogP) is 0.237. The van der Waals surface area contributed by atoms with Crippen LogP contribution in [0.15, 0.2) is 0 Å². The van der Waals surface area contributed by atoms with Gasteiger partial charge in [-0.2, -0.15) is 0 Å². The summed E-state index contributed by atoms with van der Waals surface area (Å²) in [5, 5.41) is 3.10. The van der Waals surface area contributed by atoms with Gasteiger partial charge in [0.25, 0.3) is 0 Å². The number of nitrogens with one attached hydrogen (secondary N) is 1. The fourth-order valence-corrected chi connectivity index (χ4v) is 1.62. The Balaban J connectivity index is 2.52. The van der Waals surface area contributed by atoms with E-state index < -0.39 is 0 Å². The van der Waals surface area contributed by atoms with Crippen molar-refractivity contribution in [3.63, 3.8) is 0 Å². The van der Waals surface area contributed by atoms with E-state index >= 15 is 0 Å². The highest BCUT2D eigenvalue weighted by Gasteiger charge is 2.41. The lowest BCUT2D eigenvalue weighted by Crippen LogP contribution is -2.36. The second-order valence-electron chi connectivity index (χ2n) is 3.76. The van der Waals surface area contributed by atoms with Gasteiger partial charge in [-0.05, 0) is 6.54 Å². The fraction of sp³-hybridized carbons (Fsp3) is 0.800. The van der Waals surface area contributed by atoms with Crippen LogP contribution in [0.4, 0.5) is 0 Å². The van der Waals surface area contributed by atoms with Crippen LogP contribution in [-0.4, -0.2) is 36.3 Å². The summed E-state index contributed by atoms with van der Waals surface area (Å²) in [6.45, 7) is 7.68. The van der Waals surface area contributed by atoms with Gasteiger partial charge in [0.15, 0.2) is 0 Å². The third kappa shape index (κ3) is 1.95. The van der Waals surface area contributed by atoms with Crippen molar-refractivity contribution < 1.29 is 9.59 Å². The number of imide groups is 1. The zero-order chi connectivity index (χ0) is 10.7. The van der Waals surface area contributed by atoms with E-state index in [-0.39, 0.29) is 23.7 Å². The lowest BCUT2D eigenvalue weighted by Gasteiger charge is -2.14. The second-order valence-corrected chi connectivity index (χ2v) is 3.76. The van der Waals surface area contributed by atoms with Crippen molar-refractivity contribution in [1.82, 2.24) is 10.2 Å². The summed E-state index contributed by atoms with van der Waals surface area (Å²) in [6.07, 6.45) is 0. The Morgan fingerprint density at radius 2 is 1.71 bits per heavy atom. The number of hydrogen-bond donors (Lipinski definition) is 1. The average Bonchev–Trinajstić information content (AvgIpc) is 2.35. The van der Waals surface area contributed by atoms with E-state index in [1.54, 1.807) is 0 Å². The minimum absolute atomic E-state index is 0.0274. The van der Waals surface area contributed by atoms with Gasteiger partial charge in [0, 0.05) is 24.9 Å². The predicted molar refractivity (Wildman–Crippen MR) is 53.6 cm³/mol. The Labute approximate surface area is 84.7 Å². The van der Waals surface area contributed by atoms with Crippen molar-refractivity contribution in [1.29, 1.82) is 0 Å². The largest absolute Gasteiger partial charge is 0.315 e. The van der Waals surface area contributed by atoms with Crippen LogP contribution >= 0.6 is 0 Å². The lowest BCUT2D eigenvalue weighted by molar-refractivity contribution is -0.139. The van der Waals surface area contributed by atoms with Gasteiger partial charge >= 0.3 is 0 Å². The smallest absolute Gasteiger partial charge is 0.232 e. The van der Waals surface area contributed by atoms with Crippen molar-refractivity contribution >= 4 is 11.8 Å². The SMILES string of the molecule is CCNCCN1C(=O)C(C)C(C)C1=O. The molecule has 0 radical (unpaired) electrons. The molecule has 0 aromatic heterocycles. The maximum absolute atomic E-state index is 11.6. The molecule has 0 bridgehead atoms. The molecule has 4 heteroatoms. The number of nitrogens with zero attached hydrogens (tertiary/aromatic N) is 1. The monoisotopic (exact) mass is 198 g/mol. The standard InChI is InChI=1S/C10H18N2O2/c1-4-11-5-6-12-9(13)7(2)8(3)10(12)14/h7-8,11H,4-6H2,1-3H3. The second kappa shape index (κ2) is 4.55. The van der Waals surface area contributed by atoms with E-state index in [9.17, 15) is 9.59 Å². The van der Waals surface area contributed by atoms with Gasteiger partial charge in [0.1, 0.15) is 0 Å². The van der Waals surface area contributed by atoms with Crippen molar-refractivity contribution in [2.75, 3.05) is 19.6 Å². The summed E-state index contributed by atoms with van der Waals surface area (Å²) in [4.78, 5) is 24.6. The van der Waals surface area contributed by atoms with Crippen LogP contribution in [0.25, 0.3) is 0 Å². The van der Waals surface area contributed by atoms with Gasteiger partial charge in [-0.3, -0.25) is 14.5 Å². The molecular weight excluding hydrogens is 180 g/mol. The minimum Gasteiger partial charge on any atom is -0.315 e. The van der Waals surface area contributed by atoms with E-state index in [1.807, 2.05) is 20.8 Å². The summed E-state index contributed by atoms with van der Waals surface area (Å²) in [7, 11) is 0. The molecule has 1 saturated heterocycles. The van der Waals surface area contributed by atoms with Gasteiger partial charge in [0.05, 0.1) is 0 Å². The van der Waals surface area contributed by atoms with Crippen molar-refractivity contribution in [2.45, 2.75) is 20.8 Å². The first-order valence-electron chi connectivity index (χ1n) is 5.15. The molecule has 1 fully saturated rings. The highest BCUT2D eigenvalue weighted by atomic mass is 16.2. The van der Waals surface area contributed by atoms with Crippen LogP contribution in [0.2, 0.25) is 0 Å². The molecular formula is C10H18N2O2. The molecule has 2 unspecified atom stereocenters. The molecule has 0 spiro atoms. The molecule has 2 atom stereocenters. The van der Waals surface area contributed by atoms with Crippen LogP contribution in [0.3, 0.4) is 0 Å². The fourth-order valence-electron chi connectivity index (χ4n) is 1.62. The molecule has 0 aliphatic carbocycles. The first-order valence-corrected chi connectivity index (χ1v) is 5.15. The first kappa shape index (κ1) is 11.2. The lowest BCUT2D eigenvalue weighted by atomic mass is 10.00. The summed E-state index contributed by atoms with van der Waals surface area (Å²) >= 11 is 0. The van der Waals surface area contributed by atoms with E-state index in [1.165, 1.54) is 4.90 Å². The van der Waals surface area contributed by atoms with E-state index in [2.05, 4.69) is 5.32 Å². The summed E-state index contributed by atoms with van der Waals surface area (Å²) in [5.74, 6) is -0.353. The molecule has 4 nitrogen and oxygen atoms in total. The number of amides is 2. The molecule has 0 aromatic rings. The van der Waals surface area contributed by atoms with Gasteiger partial charge in [-0.1, -0.05) is 20.8 Å². The van der Waals surface area contributed by atoms with Crippen molar-refractivity contribution in [2.24, 2.45) is 11.8 Å². The number of rotatable bonds is 4. The van der Waals surface area contributed by atoms with Crippen LogP contribution in [0, 0.1) is 11.8 Å². The Morgan fingerprint density at radius 3 is 2.14 bits per heavy atom. The maximum atomic E-state index is 11.6. The topological polar surface area (TPSA) is 49.4 Å². The van der Waals surface area contributed by atoms with Crippen molar-refractivity contribution in [3.05, 3.63) is 0 Å². The van der Waals surface area contributed by atoms with Crippen molar-refractivity contribution in [3.8, 4) is 0 Å². The first-order chi connectivity index (χ1) is 6.59. The Morgan fingerprint density at radius 1 is 1.21 bits per heavy atom. The number of likely N-dealkylation sites (tertiary alicyclic amines) is 1. The van der Waals surface area contributed by atoms with E-state index in [0.717, 1.165) is 6.54 Å². The third-order valence-electron chi connectivity index (χ3n) is 2.82. The van der Waals surface area contributed by atoms with E-state index in [0.29, 0.717) is 13.1 Å². The Kier molecular flexibility index (Phi) is 3.63.